The standard InChI is InChI=1S/C17H19BrFNO/c1-3-8-20-11-13-10-14(19)4-7-17(13)21-15-5-6-16(18)12(2)9-15/h4-7,9-10,20H,3,8,11H2,1-2H3. The van der Waals surface area contributed by atoms with Gasteiger partial charge in [-0.1, -0.05) is 22.9 Å². The Morgan fingerprint density at radius 2 is 2.00 bits per heavy atom. The van der Waals surface area contributed by atoms with E-state index in [1.54, 1.807) is 6.07 Å². The molecule has 0 aliphatic heterocycles. The number of hydrogen-bond acceptors (Lipinski definition) is 2. The molecule has 0 saturated heterocycles. The van der Waals surface area contributed by atoms with Crippen molar-refractivity contribution in [3.05, 3.63) is 57.8 Å². The Morgan fingerprint density at radius 1 is 1.19 bits per heavy atom. The summed E-state index contributed by atoms with van der Waals surface area (Å²) in [6.45, 7) is 5.59. The van der Waals surface area contributed by atoms with Crippen molar-refractivity contribution in [2.45, 2.75) is 26.8 Å². The Morgan fingerprint density at radius 3 is 2.71 bits per heavy atom. The molecule has 0 aromatic heterocycles. The van der Waals surface area contributed by atoms with E-state index in [0.717, 1.165) is 34.3 Å². The quantitative estimate of drug-likeness (QED) is 0.723. The molecule has 2 aromatic rings. The van der Waals surface area contributed by atoms with Gasteiger partial charge < -0.3 is 10.1 Å². The molecule has 1 N–H and O–H groups in total. The van der Waals surface area contributed by atoms with Crippen molar-refractivity contribution >= 4 is 15.9 Å². The highest BCUT2D eigenvalue weighted by Gasteiger charge is 2.07. The van der Waals surface area contributed by atoms with E-state index < -0.39 is 0 Å². The normalized spacial score (nSPS) is 10.7. The maximum absolute atomic E-state index is 13.4. The average Bonchev–Trinajstić information content (AvgIpc) is 2.46. The summed E-state index contributed by atoms with van der Waals surface area (Å²) < 4.78 is 20.4. The van der Waals surface area contributed by atoms with Crippen molar-refractivity contribution in [3.63, 3.8) is 0 Å². The van der Waals surface area contributed by atoms with Gasteiger partial charge in [-0.15, -0.1) is 0 Å². The number of hydrogen-bond donors (Lipinski definition) is 1. The van der Waals surface area contributed by atoms with Crippen LogP contribution in [0.3, 0.4) is 0 Å². The third-order valence-corrected chi connectivity index (χ3v) is 4.01. The van der Waals surface area contributed by atoms with Crippen molar-refractivity contribution in [2.75, 3.05) is 6.54 Å². The molecular formula is C17H19BrFNO. The first-order valence-corrected chi connectivity index (χ1v) is 7.82. The molecule has 0 spiro atoms. The summed E-state index contributed by atoms with van der Waals surface area (Å²) in [5.74, 6) is 1.18. The Bertz CT molecular complexity index is 616. The van der Waals surface area contributed by atoms with Crippen LogP contribution >= 0.6 is 15.9 Å². The number of nitrogens with one attached hydrogen (secondary N) is 1. The highest BCUT2D eigenvalue weighted by Crippen LogP contribution is 2.29. The molecule has 2 aromatic carbocycles. The number of rotatable bonds is 6. The van der Waals surface area contributed by atoms with Crippen LogP contribution in [-0.2, 0) is 6.54 Å². The number of aryl methyl sites for hydroxylation is 1. The van der Waals surface area contributed by atoms with Gasteiger partial charge in [-0.3, -0.25) is 0 Å². The predicted molar refractivity (Wildman–Crippen MR) is 87.4 cm³/mol. The lowest BCUT2D eigenvalue weighted by Crippen LogP contribution is -2.14. The van der Waals surface area contributed by atoms with Crippen molar-refractivity contribution in [1.82, 2.24) is 5.32 Å². The fraction of sp³-hybridized carbons (Fsp3) is 0.294. The fourth-order valence-corrected chi connectivity index (χ4v) is 2.24. The summed E-state index contributed by atoms with van der Waals surface area (Å²) in [7, 11) is 0. The highest BCUT2D eigenvalue weighted by molar-refractivity contribution is 9.10. The molecule has 2 rings (SSSR count). The minimum absolute atomic E-state index is 0.248. The first kappa shape index (κ1) is 16.0. The van der Waals surface area contributed by atoms with Gasteiger partial charge in [0.2, 0.25) is 0 Å². The molecular weight excluding hydrogens is 333 g/mol. The lowest BCUT2D eigenvalue weighted by molar-refractivity contribution is 0.469. The second-order valence-electron chi connectivity index (χ2n) is 4.94. The third kappa shape index (κ3) is 4.55. The number of benzene rings is 2. The van der Waals surface area contributed by atoms with Crippen LogP contribution in [0.5, 0.6) is 11.5 Å². The molecule has 21 heavy (non-hydrogen) atoms. The van der Waals surface area contributed by atoms with Gasteiger partial charge in [-0.25, -0.2) is 4.39 Å². The van der Waals surface area contributed by atoms with E-state index in [2.05, 4.69) is 28.2 Å². The van der Waals surface area contributed by atoms with Crippen LogP contribution in [0.4, 0.5) is 4.39 Å². The van der Waals surface area contributed by atoms with E-state index in [4.69, 9.17) is 4.74 Å². The molecule has 0 amide bonds. The summed E-state index contributed by atoms with van der Waals surface area (Å²) in [5, 5.41) is 3.27. The van der Waals surface area contributed by atoms with Gasteiger partial charge in [0.05, 0.1) is 0 Å². The van der Waals surface area contributed by atoms with Gasteiger partial charge in [-0.2, -0.15) is 0 Å². The zero-order valence-corrected chi connectivity index (χ0v) is 13.8. The molecule has 0 aliphatic carbocycles. The van der Waals surface area contributed by atoms with E-state index in [1.165, 1.54) is 12.1 Å². The van der Waals surface area contributed by atoms with E-state index in [1.807, 2.05) is 25.1 Å². The number of halogens is 2. The van der Waals surface area contributed by atoms with Crippen LogP contribution in [0.15, 0.2) is 40.9 Å². The fourth-order valence-electron chi connectivity index (χ4n) is 1.99. The van der Waals surface area contributed by atoms with Crippen LogP contribution in [0.1, 0.15) is 24.5 Å². The molecule has 0 aliphatic rings. The minimum atomic E-state index is -0.248. The van der Waals surface area contributed by atoms with E-state index in [-0.39, 0.29) is 5.82 Å². The SMILES string of the molecule is CCCNCc1cc(F)ccc1Oc1ccc(Br)c(C)c1. The van der Waals surface area contributed by atoms with Crippen LogP contribution < -0.4 is 10.1 Å². The lowest BCUT2D eigenvalue weighted by Gasteiger charge is -2.13. The molecule has 0 atom stereocenters. The third-order valence-electron chi connectivity index (χ3n) is 3.12. The second kappa shape index (κ2) is 7.57. The summed E-state index contributed by atoms with van der Waals surface area (Å²) in [4.78, 5) is 0. The smallest absolute Gasteiger partial charge is 0.132 e. The molecule has 4 heteroatoms. The molecule has 0 radical (unpaired) electrons. The maximum Gasteiger partial charge on any atom is 0.132 e. The summed E-state index contributed by atoms with van der Waals surface area (Å²) >= 11 is 3.47. The largest absolute Gasteiger partial charge is 0.457 e. The zero-order chi connectivity index (χ0) is 15.2. The minimum Gasteiger partial charge on any atom is -0.457 e. The Labute approximate surface area is 133 Å². The molecule has 0 fully saturated rings. The van der Waals surface area contributed by atoms with E-state index in [0.29, 0.717) is 12.3 Å². The molecule has 0 heterocycles. The molecule has 0 bridgehead atoms. The van der Waals surface area contributed by atoms with Crippen molar-refractivity contribution in [3.8, 4) is 11.5 Å². The highest BCUT2D eigenvalue weighted by atomic mass is 79.9. The Kier molecular flexibility index (Phi) is 5.76. The van der Waals surface area contributed by atoms with E-state index in [9.17, 15) is 4.39 Å². The van der Waals surface area contributed by atoms with Gasteiger partial charge in [0, 0.05) is 16.6 Å². The van der Waals surface area contributed by atoms with E-state index >= 15 is 0 Å². The van der Waals surface area contributed by atoms with Crippen LogP contribution in [0.2, 0.25) is 0 Å². The predicted octanol–water partition coefficient (Wildman–Crippen LogP) is 5.19. The molecule has 112 valence electrons. The van der Waals surface area contributed by atoms with Crippen molar-refractivity contribution in [1.29, 1.82) is 0 Å². The molecule has 0 saturated carbocycles. The lowest BCUT2D eigenvalue weighted by atomic mass is 10.2. The summed E-state index contributed by atoms with van der Waals surface area (Å²) in [6.07, 6.45) is 1.04. The van der Waals surface area contributed by atoms with Crippen LogP contribution in [0.25, 0.3) is 0 Å². The average molecular weight is 352 g/mol. The van der Waals surface area contributed by atoms with Gasteiger partial charge in [-0.05, 0) is 61.9 Å². The first-order chi connectivity index (χ1) is 10.1. The van der Waals surface area contributed by atoms with Gasteiger partial charge in [0.1, 0.15) is 17.3 Å². The summed E-state index contributed by atoms with van der Waals surface area (Å²) in [5.41, 5.74) is 1.92. The maximum atomic E-state index is 13.4. The number of ether oxygens (including phenoxy) is 1. The van der Waals surface area contributed by atoms with Gasteiger partial charge in [0.15, 0.2) is 0 Å². The topological polar surface area (TPSA) is 21.3 Å². The van der Waals surface area contributed by atoms with Crippen molar-refractivity contribution in [2.24, 2.45) is 0 Å². The van der Waals surface area contributed by atoms with Crippen LogP contribution in [0, 0.1) is 12.7 Å². The van der Waals surface area contributed by atoms with Crippen LogP contribution in [-0.4, -0.2) is 6.54 Å². The Hall–Kier alpha value is -1.39. The Balaban J connectivity index is 2.19. The van der Waals surface area contributed by atoms with Gasteiger partial charge in [0.25, 0.3) is 0 Å². The van der Waals surface area contributed by atoms with Gasteiger partial charge >= 0.3 is 0 Å². The monoisotopic (exact) mass is 351 g/mol. The summed E-state index contributed by atoms with van der Waals surface area (Å²) in [6, 6.07) is 10.4. The molecule has 0 unspecified atom stereocenters. The van der Waals surface area contributed by atoms with Crippen molar-refractivity contribution < 1.29 is 9.13 Å². The first-order valence-electron chi connectivity index (χ1n) is 7.03. The second-order valence-corrected chi connectivity index (χ2v) is 5.80. The zero-order valence-electron chi connectivity index (χ0n) is 12.2. The molecule has 2 nitrogen and oxygen atoms in total.